The first-order chi connectivity index (χ1) is 8.65. The number of halogens is 1. The van der Waals surface area contributed by atoms with Crippen LogP contribution in [0.3, 0.4) is 0 Å². The molecule has 5 heteroatoms. The summed E-state index contributed by atoms with van der Waals surface area (Å²) < 4.78 is 6.38. The molecule has 0 saturated carbocycles. The number of rotatable bonds is 3. The van der Waals surface area contributed by atoms with Crippen LogP contribution in [0.4, 0.5) is 5.69 Å². The molecule has 1 aromatic rings. The van der Waals surface area contributed by atoms with Crippen LogP contribution in [-0.2, 0) is 4.74 Å². The summed E-state index contributed by atoms with van der Waals surface area (Å²) in [6.07, 6.45) is 0.667. The number of benzene rings is 1. The molecule has 98 valence electrons. The minimum Gasteiger partial charge on any atom is -0.394 e. The maximum absolute atomic E-state index is 11.2. The van der Waals surface area contributed by atoms with E-state index < -0.39 is 0 Å². The monoisotopic (exact) mass is 313 g/mol. The highest BCUT2D eigenvalue weighted by Crippen LogP contribution is 2.27. The van der Waals surface area contributed by atoms with Crippen molar-refractivity contribution in [1.29, 1.82) is 0 Å². The minimum atomic E-state index is -0.190. The van der Waals surface area contributed by atoms with Crippen LogP contribution in [0, 0.1) is 0 Å². The van der Waals surface area contributed by atoms with Crippen LogP contribution >= 0.6 is 15.9 Å². The maximum atomic E-state index is 11.2. The molecule has 0 radical (unpaired) electrons. The van der Waals surface area contributed by atoms with Crippen LogP contribution in [0.2, 0.25) is 0 Å². The molecule has 2 atom stereocenters. The van der Waals surface area contributed by atoms with Crippen LogP contribution in [-0.4, -0.2) is 43.3 Å². The zero-order valence-electron chi connectivity index (χ0n) is 10.2. The molecule has 1 aromatic carbocycles. The third-order valence-corrected chi connectivity index (χ3v) is 3.63. The number of nitrogens with zero attached hydrogens (tertiary/aromatic N) is 1. The third-order valence-electron chi connectivity index (χ3n) is 3.14. The predicted molar refractivity (Wildman–Crippen MR) is 73.2 cm³/mol. The number of aliphatic hydroxyl groups is 1. The Hall–Kier alpha value is -0.910. The Labute approximate surface area is 115 Å². The van der Waals surface area contributed by atoms with E-state index in [1.807, 2.05) is 19.1 Å². The Morgan fingerprint density at radius 1 is 1.61 bits per heavy atom. The quantitative estimate of drug-likeness (QED) is 0.865. The molecule has 0 spiro atoms. The van der Waals surface area contributed by atoms with Crippen molar-refractivity contribution < 1.29 is 14.6 Å². The molecular formula is C13H16BrNO3. The Bertz CT molecular complexity index is 438. The summed E-state index contributed by atoms with van der Waals surface area (Å²) >= 11 is 3.36. The van der Waals surface area contributed by atoms with Gasteiger partial charge in [0, 0.05) is 28.3 Å². The highest BCUT2D eigenvalue weighted by molar-refractivity contribution is 9.10. The molecule has 2 rings (SSSR count). The van der Waals surface area contributed by atoms with E-state index in [-0.39, 0.29) is 18.8 Å². The van der Waals surface area contributed by atoms with Gasteiger partial charge < -0.3 is 14.7 Å². The van der Waals surface area contributed by atoms with Crippen LogP contribution in [0.15, 0.2) is 22.7 Å². The molecule has 0 bridgehead atoms. The van der Waals surface area contributed by atoms with Crippen molar-refractivity contribution >= 4 is 27.9 Å². The Morgan fingerprint density at radius 3 is 3.06 bits per heavy atom. The lowest BCUT2D eigenvalue weighted by Gasteiger charge is -2.39. The lowest BCUT2D eigenvalue weighted by molar-refractivity contribution is -0.0103. The van der Waals surface area contributed by atoms with Gasteiger partial charge in [-0.1, -0.05) is 15.9 Å². The van der Waals surface area contributed by atoms with Crippen molar-refractivity contribution in [3.63, 3.8) is 0 Å². The fourth-order valence-corrected chi connectivity index (χ4v) is 2.52. The largest absolute Gasteiger partial charge is 0.394 e. The summed E-state index contributed by atoms with van der Waals surface area (Å²) in [6, 6.07) is 5.83. The maximum Gasteiger partial charge on any atom is 0.152 e. The molecule has 1 N–H and O–H groups in total. The van der Waals surface area contributed by atoms with Crippen molar-refractivity contribution in [3.8, 4) is 0 Å². The second-order valence-corrected chi connectivity index (χ2v) is 5.38. The van der Waals surface area contributed by atoms with E-state index in [0.717, 1.165) is 16.4 Å². The fraction of sp³-hybridized carbons (Fsp3) is 0.462. The summed E-state index contributed by atoms with van der Waals surface area (Å²) in [7, 11) is 0. The van der Waals surface area contributed by atoms with Gasteiger partial charge in [0.1, 0.15) is 0 Å². The zero-order valence-corrected chi connectivity index (χ0v) is 11.8. The standard InChI is InChI=1S/C13H16BrNO3/c1-9-8-18-12(7-17)5-15(9)13-3-2-11(14)4-10(13)6-16/h2-4,6,9,12,17H,5,7-8H2,1H3. The summed E-state index contributed by atoms with van der Waals surface area (Å²) in [5.74, 6) is 0. The van der Waals surface area contributed by atoms with Crippen molar-refractivity contribution in [3.05, 3.63) is 28.2 Å². The van der Waals surface area contributed by atoms with Gasteiger partial charge in [-0.25, -0.2) is 0 Å². The average Bonchev–Trinajstić information content (AvgIpc) is 2.39. The first-order valence-electron chi connectivity index (χ1n) is 5.89. The summed E-state index contributed by atoms with van der Waals surface area (Å²) in [5, 5.41) is 9.18. The topological polar surface area (TPSA) is 49.8 Å². The molecule has 1 fully saturated rings. The molecular weight excluding hydrogens is 298 g/mol. The van der Waals surface area contributed by atoms with Crippen molar-refractivity contribution in [1.82, 2.24) is 0 Å². The molecule has 1 saturated heterocycles. The Kier molecular flexibility index (Phi) is 4.37. The number of ether oxygens (including phenoxy) is 1. The van der Waals surface area contributed by atoms with E-state index in [1.165, 1.54) is 0 Å². The first-order valence-corrected chi connectivity index (χ1v) is 6.69. The second kappa shape index (κ2) is 5.82. The molecule has 4 nitrogen and oxygen atoms in total. The van der Waals surface area contributed by atoms with Gasteiger partial charge in [-0.15, -0.1) is 0 Å². The minimum absolute atomic E-state index is 0.00380. The van der Waals surface area contributed by atoms with E-state index in [4.69, 9.17) is 4.74 Å². The van der Waals surface area contributed by atoms with Crippen molar-refractivity contribution in [2.75, 3.05) is 24.7 Å². The van der Waals surface area contributed by atoms with Crippen LogP contribution in [0.25, 0.3) is 0 Å². The van der Waals surface area contributed by atoms with E-state index in [9.17, 15) is 9.90 Å². The number of morpholine rings is 1. The predicted octanol–water partition coefficient (Wildman–Crippen LogP) is 1.85. The van der Waals surface area contributed by atoms with Crippen LogP contribution < -0.4 is 4.90 Å². The molecule has 18 heavy (non-hydrogen) atoms. The third kappa shape index (κ3) is 2.74. The van der Waals surface area contributed by atoms with Crippen LogP contribution in [0.5, 0.6) is 0 Å². The van der Waals surface area contributed by atoms with Gasteiger partial charge >= 0.3 is 0 Å². The number of hydrogen-bond donors (Lipinski definition) is 1. The number of carbonyl (C=O) groups excluding carboxylic acids is 1. The summed E-state index contributed by atoms with van der Waals surface area (Å²) in [5.41, 5.74) is 1.54. The molecule has 1 heterocycles. The van der Waals surface area contributed by atoms with Gasteiger partial charge in [-0.3, -0.25) is 4.79 Å². The number of hydrogen-bond acceptors (Lipinski definition) is 4. The normalized spacial score (nSPS) is 24.1. The lowest BCUT2D eigenvalue weighted by Crippen LogP contribution is -2.49. The second-order valence-electron chi connectivity index (χ2n) is 4.46. The highest BCUT2D eigenvalue weighted by Gasteiger charge is 2.27. The van der Waals surface area contributed by atoms with Crippen LogP contribution in [0.1, 0.15) is 17.3 Å². The van der Waals surface area contributed by atoms with Gasteiger partial charge in [0.25, 0.3) is 0 Å². The van der Waals surface area contributed by atoms with Gasteiger partial charge in [0.15, 0.2) is 6.29 Å². The Morgan fingerprint density at radius 2 is 2.39 bits per heavy atom. The average molecular weight is 314 g/mol. The van der Waals surface area contributed by atoms with Crippen molar-refractivity contribution in [2.24, 2.45) is 0 Å². The number of aliphatic hydroxyl groups excluding tert-OH is 1. The van der Waals surface area contributed by atoms with Gasteiger partial charge in [0.05, 0.1) is 19.3 Å². The van der Waals surface area contributed by atoms with Gasteiger partial charge in [0.2, 0.25) is 0 Å². The van der Waals surface area contributed by atoms with E-state index in [2.05, 4.69) is 20.8 Å². The molecule has 1 aliphatic rings. The lowest BCUT2D eigenvalue weighted by atomic mass is 10.1. The Balaban J connectivity index is 2.31. The van der Waals surface area contributed by atoms with E-state index >= 15 is 0 Å². The molecule has 2 unspecified atom stereocenters. The van der Waals surface area contributed by atoms with E-state index in [0.29, 0.717) is 18.7 Å². The summed E-state index contributed by atoms with van der Waals surface area (Å²) in [6.45, 7) is 3.19. The molecule has 1 aliphatic heterocycles. The number of anilines is 1. The summed E-state index contributed by atoms with van der Waals surface area (Å²) in [4.78, 5) is 13.3. The van der Waals surface area contributed by atoms with Gasteiger partial charge in [-0.05, 0) is 25.1 Å². The zero-order chi connectivity index (χ0) is 13.1. The van der Waals surface area contributed by atoms with E-state index in [1.54, 1.807) is 6.07 Å². The van der Waals surface area contributed by atoms with Gasteiger partial charge in [-0.2, -0.15) is 0 Å². The first kappa shape index (κ1) is 13.5. The fourth-order valence-electron chi connectivity index (χ4n) is 2.14. The molecule has 0 aromatic heterocycles. The SMILES string of the molecule is CC1COC(CO)CN1c1ccc(Br)cc1C=O. The number of carbonyl (C=O) groups is 1. The smallest absolute Gasteiger partial charge is 0.152 e. The molecule has 0 amide bonds. The highest BCUT2D eigenvalue weighted by atomic mass is 79.9. The van der Waals surface area contributed by atoms with Crippen molar-refractivity contribution in [2.45, 2.75) is 19.1 Å². The number of aldehydes is 1. The molecule has 0 aliphatic carbocycles.